The van der Waals surface area contributed by atoms with E-state index in [4.69, 9.17) is 9.76 Å². The van der Waals surface area contributed by atoms with E-state index in [0.29, 0.717) is 7.62 Å². The molecule has 0 amide bonds. The zero-order valence-corrected chi connectivity index (χ0v) is 5.35. The van der Waals surface area contributed by atoms with Gasteiger partial charge in [0, 0.05) is 13.2 Å². The monoisotopic (exact) mass is 117 g/mol. The van der Waals surface area contributed by atoms with Crippen molar-refractivity contribution in [1.82, 2.24) is 5.23 Å². The van der Waals surface area contributed by atoms with E-state index in [1.807, 2.05) is 6.92 Å². The highest BCUT2D eigenvalue weighted by molar-refractivity contribution is 6.23. The molecule has 0 spiro atoms. The number of nitrogens with one attached hydrogen (secondary N) is 1. The Bertz CT molecular complexity index is 53.3. The van der Waals surface area contributed by atoms with Crippen molar-refractivity contribution in [3.8, 4) is 0 Å². The van der Waals surface area contributed by atoms with E-state index < -0.39 is 0 Å². The van der Waals surface area contributed by atoms with Crippen LogP contribution < -0.4 is 5.23 Å². The maximum absolute atomic E-state index is 8.44. The van der Waals surface area contributed by atoms with Crippen LogP contribution in [0.5, 0.6) is 0 Å². The predicted molar refractivity (Wildman–Crippen MR) is 33.8 cm³/mol. The Hall–Kier alpha value is -0.0551. The van der Waals surface area contributed by atoms with Crippen LogP contribution in [0.1, 0.15) is 6.92 Å². The molecule has 0 heterocycles. The molecular formula is C4H12BNO2. The highest BCUT2D eigenvalue weighted by Crippen LogP contribution is 1.73. The Kier molecular flexibility index (Phi) is 5.05. The molecule has 0 fully saturated rings. The standard InChI is InChI=1S/C4H12BNO2/c1-4(3-7)6-5-8-2/h4-7H,3H2,1-2H3/t4-/m1/s1. The first kappa shape index (κ1) is 7.94. The van der Waals surface area contributed by atoms with Gasteiger partial charge in [0.25, 0.3) is 0 Å². The lowest BCUT2D eigenvalue weighted by atomic mass is 10.2. The van der Waals surface area contributed by atoms with Crippen molar-refractivity contribution in [2.45, 2.75) is 13.0 Å². The van der Waals surface area contributed by atoms with Gasteiger partial charge in [0.15, 0.2) is 0 Å². The average molecular weight is 117 g/mol. The molecule has 8 heavy (non-hydrogen) atoms. The molecule has 1 atom stereocenters. The highest BCUT2D eigenvalue weighted by atomic mass is 16.4. The van der Waals surface area contributed by atoms with Crippen molar-refractivity contribution in [2.75, 3.05) is 13.7 Å². The van der Waals surface area contributed by atoms with E-state index in [-0.39, 0.29) is 12.6 Å². The molecule has 0 aliphatic carbocycles. The van der Waals surface area contributed by atoms with Crippen molar-refractivity contribution in [2.24, 2.45) is 0 Å². The van der Waals surface area contributed by atoms with E-state index in [1.165, 1.54) is 0 Å². The lowest BCUT2D eigenvalue weighted by Gasteiger charge is -2.06. The molecule has 0 aromatic heterocycles. The van der Waals surface area contributed by atoms with Gasteiger partial charge in [-0.1, -0.05) is 0 Å². The van der Waals surface area contributed by atoms with Gasteiger partial charge in [-0.25, -0.2) is 0 Å². The van der Waals surface area contributed by atoms with E-state index in [9.17, 15) is 0 Å². The predicted octanol–water partition coefficient (Wildman–Crippen LogP) is -1.13. The van der Waals surface area contributed by atoms with E-state index in [2.05, 4.69) is 5.23 Å². The molecule has 0 aromatic carbocycles. The molecule has 0 saturated heterocycles. The van der Waals surface area contributed by atoms with Gasteiger partial charge in [0.2, 0.25) is 0 Å². The van der Waals surface area contributed by atoms with Gasteiger partial charge in [-0.2, -0.15) is 0 Å². The molecule has 2 N–H and O–H groups in total. The Balaban J connectivity index is 2.86. The van der Waals surface area contributed by atoms with Crippen LogP contribution in [0, 0.1) is 0 Å². The molecule has 0 unspecified atom stereocenters. The molecule has 48 valence electrons. The van der Waals surface area contributed by atoms with Crippen molar-refractivity contribution in [1.29, 1.82) is 0 Å². The first-order valence-electron chi connectivity index (χ1n) is 2.64. The van der Waals surface area contributed by atoms with Gasteiger partial charge in [0.05, 0.1) is 6.61 Å². The highest BCUT2D eigenvalue weighted by Gasteiger charge is 1.95. The molecule has 0 aliphatic rings. The Morgan fingerprint density at radius 2 is 2.50 bits per heavy atom. The molecule has 0 aromatic rings. The second-order valence-corrected chi connectivity index (χ2v) is 1.72. The lowest BCUT2D eigenvalue weighted by Crippen LogP contribution is -2.33. The van der Waals surface area contributed by atoms with Gasteiger partial charge in [0.1, 0.15) is 0 Å². The van der Waals surface area contributed by atoms with Crippen molar-refractivity contribution < 1.29 is 9.76 Å². The smallest absolute Gasteiger partial charge is 0.360 e. The summed E-state index contributed by atoms with van der Waals surface area (Å²) in [5.41, 5.74) is 0. The Morgan fingerprint density at radius 1 is 1.88 bits per heavy atom. The molecule has 0 rings (SSSR count). The van der Waals surface area contributed by atoms with Gasteiger partial charge in [-0.05, 0) is 6.92 Å². The van der Waals surface area contributed by atoms with Crippen LogP contribution in [0.2, 0.25) is 0 Å². The first-order chi connectivity index (χ1) is 3.81. The van der Waals surface area contributed by atoms with E-state index >= 15 is 0 Å². The normalized spacial score (nSPS) is 13.4. The summed E-state index contributed by atoms with van der Waals surface area (Å²) < 4.78 is 4.69. The minimum Gasteiger partial charge on any atom is -0.427 e. The molecule has 0 radical (unpaired) electrons. The van der Waals surface area contributed by atoms with E-state index in [1.54, 1.807) is 7.11 Å². The number of hydrogen-bond acceptors (Lipinski definition) is 3. The molecule has 0 saturated carbocycles. The van der Waals surface area contributed by atoms with Crippen LogP contribution in [0.3, 0.4) is 0 Å². The maximum Gasteiger partial charge on any atom is 0.360 e. The van der Waals surface area contributed by atoms with Gasteiger partial charge < -0.3 is 15.0 Å². The van der Waals surface area contributed by atoms with Crippen LogP contribution >= 0.6 is 0 Å². The largest absolute Gasteiger partial charge is 0.427 e. The van der Waals surface area contributed by atoms with Gasteiger partial charge in [-0.3, -0.25) is 0 Å². The Labute approximate surface area is 50.3 Å². The zero-order valence-electron chi connectivity index (χ0n) is 5.35. The van der Waals surface area contributed by atoms with Crippen molar-refractivity contribution >= 4 is 7.62 Å². The topological polar surface area (TPSA) is 41.5 Å². The van der Waals surface area contributed by atoms with Crippen LogP contribution in [-0.4, -0.2) is 32.5 Å². The lowest BCUT2D eigenvalue weighted by molar-refractivity contribution is 0.261. The summed E-state index contributed by atoms with van der Waals surface area (Å²) >= 11 is 0. The quantitative estimate of drug-likeness (QED) is 0.458. The SMILES string of the molecule is COBN[C@H](C)CO. The number of aliphatic hydroxyl groups excluding tert-OH is 1. The summed E-state index contributed by atoms with van der Waals surface area (Å²) in [6.45, 7) is 2.04. The van der Waals surface area contributed by atoms with Crippen LogP contribution in [0.15, 0.2) is 0 Å². The van der Waals surface area contributed by atoms with Crippen LogP contribution in [-0.2, 0) is 4.65 Å². The summed E-state index contributed by atoms with van der Waals surface area (Å²) in [4.78, 5) is 0. The van der Waals surface area contributed by atoms with Crippen LogP contribution in [0.25, 0.3) is 0 Å². The van der Waals surface area contributed by atoms with E-state index in [0.717, 1.165) is 0 Å². The first-order valence-corrected chi connectivity index (χ1v) is 2.64. The fourth-order valence-electron chi connectivity index (χ4n) is 0.290. The fraction of sp³-hybridized carbons (Fsp3) is 1.00. The zero-order chi connectivity index (χ0) is 6.41. The third kappa shape index (κ3) is 4.11. The third-order valence-electron chi connectivity index (χ3n) is 0.850. The van der Waals surface area contributed by atoms with Crippen molar-refractivity contribution in [3.63, 3.8) is 0 Å². The average Bonchev–Trinajstić information content (AvgIpc) is 1.83. The third-order valence-corrected chi connectivity index (χ3v) is 0.850. The number of aliphatic hydroxyl groups is 1. The molecule has 4 heteroatoms. The van der Waals surface area contributed by atoms with Gasteiger partial charge in [-0.15, -0.1) is 0 Å². The Morgan fingerprint density at radius 3 is 2.88 bits per heavy atom. The summed E-state index contributed by atoms with van der Waals surface area (Å²) in [7, 11) is 2.11. The maximum atomic E-state index is 8.44. The molecule has 0 bridgehead atoms. The molecule has 3 nitrogen and oxygen atoms in total. The number of hydrogen-bond donors (Lipinski definition) is 2. The molecular weight excluding hydrogens is 105 g/mol. The fourth-order valence-corrected chi connectivity index (χ4v) is 0.290. The summed E-state index contributed by atoms with van der Waals surface area (Å²) in [5, 5.41) is 11.4. The summed E-state index contributed by atoms with van der Waals surface area (Å²) in [5.74, 6) is 0. The summed E-state index contributed by atoms with van der Waals surface area (Å²) in [6, 6.07) is 0.134. The van der Waals surface area contributed by atoms with Gasteiger partial charge >= 0.3 is 7.62 Å². The minimum atomic E-state index is 0.134. The second kappa shape index (κ2) is 5.09. The summed E-state index contributed by atoms with van der Waals surface area (Å²) in [6.07, 6.45) is 0. The molecule has 0 aliphatic heterocycles. The minimum absolute atomic E-state index is 0.134. The van der Waals surface area contributed by atoms with Crippen LogP contribution in [0.4, 0.5) is 0 Å². The number of rotatable bonds is 4. The second-order valence-electron chi connectivity index (χ2n) is 1.72. The van der Waals surface area contributed by atoms with Crippen molar-refractivity contribution in [3.05, 3.63) is 0 Å².